The van der Waals surface area contributed by atoms with Crippen LogP contribution in [-0.2, 0) is 16.1 Å². The van der Waals surface area contributed by atoms with E-state index in [-0.39, 0.29) is 30.5 Å². The molecule has 0 unspecified atom stereocenters. The van der Waals surface area contributed by atoms with Crippen LogP contribution in [0.1, 0.15) is 33.6 Å². The summed E-state index contributed by atoms with van der Waals surface area (Å²) < 4.78 is 44.3. The number of rotatable bonds is 4. The Morgan fingerprint density at radius 3 is 2.53 bits per heavy atom. The number of benzene rings is 1. The number of ether oxygens (including phenoxy) is 1. The molecule has 1 aromatic carbocycles. The maximum atomic E-state index is 13.0. The molecule has 0 saturated heterocycles. The number of amides is 2. The van der Waals surface area contributed by atoms with E-state index in [1.807, 2.05) is 6.92 Å². The number of aromatic nitrogens is 2. The average Bonchev–Trinajstić information content (AvgIpc) is 3.45. The second-order valence-corrected chi connectivity index (χ2v) is 8.62. The first kappa shape index (κ1) is 22.2. The molecule has 10 heteroatoms. The maximum Gasteiger partial charge on any atom is 0.414 e. The summed E-state index contributed by atoms with van der Waals surface area (Å²) in [6.45, 7) is 4.45. The number of alkyl halides is 3. The summed E-state index contributed by atoms with van der Waals surface area (Å²) in [4.78, 5) is 29.0. The first-order valence-corrected chi connectivity index (χ1v) is 10.6. The van der Waals surface area contributed by atoms with Gasteiger partial charge < -0.3 is 9.64 Å². The van der Waals surface area contributed by atoms with Gasteiger partial charge in [0.2, 0.25) is 5.91 Å². The van der Waals surface area contributed by atoms with Crippen LogP contribution >= 0.6 is 0 Å². The van der Waals surface area contributed by atoms with Crippen molar-refractivity contribution in [1.82, 2.24) is 9.78 Å². The summed E-state index contributed by atoms with van der Waals surface area (Å²) in [6, 6.07) is 4.92. The summed E-state index contributed by atoms with van der Waals surface area (Å²) in [7, 11) is 0. The molecular weight excluding hydrogens is 425 g/mol. The second kappa shape index (κ2) is 8.14. The van der Waals surface area contributed by atoms with Crippen molar-refractivity contribution in [3.05, 3.63) is 30.6 Å². The van der Waals surface area contributed by atoms with Crippen LogP contribution in [0.4, 0.5) is 29.3 Å². The van der Waals surface area contributed by atoms with E-state index in [1.165, 1.54) is 17.3 Å². The third kappa shape index (κ3) is 4.58. The highest BCUT2D eigenvalue weighted by molar-refractivity contribution is 6.05. The Morgan fingerprint density at radius 2 is 1.91 bits per heavy atom. The summed E-state index contributed by atoms with van der Waals surface area (Å²) >= 11 is 0. The van der Waals surface area contributed by atoms with Crippen molar-refractivity contribution in [2.75, 3.05) is 16.3 Å². The van der Waals surface area contributed by atoms with E-state index in [0.717, 1.165) is 17.5 Å². The number of carbonyl (C=O) groups excluding carboxylic acids is 2. The van der Waals surface area contributed by atoms with Crippen LogP contribution in [-0.4, -0.2) is 46.6 Å². The molecule has 1 aromatic heterocycles. The largest absolute Gasteiger partial charge is 0.446 e. The van der Waals surface area contributed by atoms with Crippen molar-refractivity contribution < 1.29 is 27.5 Å². The van der Waals surface area contributed by atoms with Gasteiger partial charge in [-0.1, -0.05) is 6.07 Å². The Balaban J connectivity index is 1.72. The zero-order chi connectivity index (χ0) is 23.2. The molecule has 0 radical (unpaired) electrons. The van der Waals surface area contributed by atoms with Gasteiger partial charge in [0.1, 0.15) is 6.54 Å². The van der Waals surface area contributed by atoms with Gasteiger partial charge in [0.25, 0.3) is 0 Å². The molecule has 0 spiro atoms. The standard InChI is InChI=1S/C22H25F3N4O3/c1-13(2)32-21(31)28-10-14(3)29(20(30)15-4-5-15)18-7-6-16(8-19(18)28)17-9-26-27(11-17)12-22(23,24)25/h6-9,11,13-15H,4-5,10,12H2,1-3H3/t14-/m0/s1. The van der Waals surface area contributed by atoms with Gasteiger partial charge in [-0.15, -0.1) is 0 Å². The van der Waals surface area contributed by atoms with Gasteiger partial charge in [0, 0.05) is 24.2 Å². The fraction of sp³-hybridized carbons (Fsp3) is 0.500. The highest BCUT2D eigenvalue weighted by Gasteiger charge is 2.41. The number of nitrogens with zero attached hydrogens (tertiary/aromatic N) is 4. The summed E-state index contributed by atoms with van der Waals surface area (Å²) in [5.41, 5.74) is 2.15. The van der Waals surface area contributed by atoms with E-state index < -0.39 is 18.8 Å². The van der Waals surface area contributed by atoms with E-state index in [1.54, 1.807) is 36.9 Å². The molecule has 1 fully saturated rings. The number of carbonyl (C=O) groups is 2. The lowest BCUT2D eigenvalue weighted by atomic mass is 10.0. The van der Waals surface area contributed by atoms with Crippen LogP contribution in [0, 0.1) is 5.92 Å². The van der Waals surface area contributed by atoms with Crippen molar-refractivity contribution >= 4 is 23.4 Å². The van der Waals surface area contributed by atoms with Crippen molar-refractivity contribution in [1.29, 1.82) is 0 Å². The molecule has 1 atom stereocenters. The molecule has 4 rings (SSSR count). The minimum Gasteiger partial charge on any atom is -0.446 e. The van der Waals surface area contributed by atoms with Gasteiger partial charge in [-0.25, -0.2) is 4.79 Å². The molecular formula is C22H25F3N4O3. The Labute approximate surface area is 183 Å². The Morgan fingerprint density at radius 1 is 1.19 bits per heavy atom. The molecule has 0 bridgehead atoms. The summed E-state index contributed by atoms with van der Waals surface area (Å²) in [6.07, 6.45) is -0.864. The van der Waals surface area contributed by atoms with Gasteiger partial charge in [0.05, 0.1) is 29.7 Å². The zero-order valence-corrected chi connectivity index (χ0v) is 18.1. The predicted molar refractivity (Wildman–Crippen MR) is 112 cm³/mol. The molecule has 1 aliphatic heterocycles. The van der Waals surface area contributed by atoms with Gasteiger partial charge in [-0.3, -0.25) is 14.4 Å². The normalized spacial score (nSPS) is 18.7. The van der Waals surface area contributed by atoms with Crippen molar-refractivity contribution in [2.45, 2.75) is 58.5 Å². The molecule has 0 N–H and O–H groups in total. The fourth-order valence-electron chi connectivity index (χ4n) is 3.89. The second-order valence-electron chi connectivity index (χ2n) is 8.62. The van der Waals surface area contributed by atoms with Gasteiger partial charge >= 0.3 is 12.3 Å². The topological polar surface area (TPSA) is 67.7 Å². The summed E-state index contributed by atoms with van der Waals surface area (Å²) in [5.74, 6) is 0.0288. The Bertz CT molecular complexity index is 1030. The highest BCUT2D eigenvalue weighted by Crippen LogP contribution is 2.42. The molecule has 2 aliphatic rings. The van der Waals surface area contributed by atoms with Crippen LogP contribution in [0.3, 0.4) is 0 Å². The molecule has 7 nitrogen and oxygen atoms in total. The third-order valence-corrected chi connectivity index (χ3v) is 5.44. The van der Waals surface area contributed by atoms with E-state index in [4.69, 9.17) is 4.74 Å². The average molecular weight is 450 g/mol. The lowest BCUT2D eigenvalue weighted by Crippen LogP contribution is -2.52. The van der Waals surface area contributed by atoms with Crippen LogP contribution in [0.2, 0.25) is 0 Å². The Hall–Kier alpha value is -3.04. The zero-order valence-electron chi connectivity index (χ0n) is 18.1. The molecule has 2 aromatic rings. The molecule has 32 heavy (non-hydrogen) atoms. The van der Waals surface area contributed by atoms with E-state index in [2.05, 4.69) is 5.10 Å². The SMILES string of the molecule is CC(C)OC(=O)N1C[C@H](C)N(C(=O)C2CC2)c2ccc(-c3cnn(CC(F)(F)F)c3)cc21. The number of hydrogen-bond donors (Lipinski definition) is 0. The number of fused-ring (bicyclic) bond motifs is 1. The molecule has 2 heterocycles. The first-order chi connectivity index (χ1) is 15.0. The highest BCUT2D eigenvalue weighted by atomic mass is 19.4. The summed E-state index contributed by atoms with van der Waals surface area (Å²) in [5, 5.41) is 3.80. The van der Waals surface area contributed by atoms with Crippen molar-refractivity contribution in [3.63, 3.8) is 0 Å². The van der Waals surface area contributed by atoms with Crippen LogP contribution in [0.25, 0.3) is 11.1 Å². The van der Waals surface area contributed by atoms with Crippen molar-refractivity contribution in [2.24, 2.45) is 5.92 Å². The number of hydrogen-bond acceptors (Lipinski definition) is 4. The first-order valence-electron chi connectivity index (χ1n) is 10.6. The lowest BCUT2D eigenvalue weighted by molar-refractivity contribution is -0.142. The molecule has 1 aliphatic carbocycles. The quantitative estimate of drug-likeness (QED) is 0.682. The minimum absolute atomic E-state index is 0.000238. The predicted octanol–water partition coefficient (Wildman–Crippen LogP) is 4.61. The van der Waals surface area contributed by atoms with Gasteiger partial charge in [-0.05, 0) is 51.3 Å². The maximum absolute atomic E-state index is 13.0. The monoisotopic (exact) mass is 450 g/mol. The lowest BCUT2D eigenvalue weighted by Gasteiger charge is -2.41. The smallest absolute Gasteiger partial charge is 0.414 e. The Kier molecular flexibility index (Phi) is 5.64. The molecule has 2 amide bonds. The van der Waals surface area contributed by atoms with Crippen LogP contribution in [0.15, 0.2) is 30.6 Å². The van der Waals surface area contributed by atoms with Gasteiger partial charge in [-0.2, -0.15) is 18.3 Å². The third-order valence-electron chi connectivity index (χ3n) is 5.44. The number of halogens is 3. The van der Waals surface area contributed by atoms with Crippen LogP contribution in [0.5, 0.6) is 0 Å². The van der Waals surface area contributed by atoms with E-state index in [9.17, 15) is 22.8 Å². The molecule has 1 saturated carbocycles. The molecule has 172 valence electrons. The number of anilines is 2. The van der Waals surface area contributed by atoms with Crippen LogP contribution < -0.4 is 9.80 Å². The van der Waals surface area contributed by atoms with Gasteiger partial charge in [0.15, 0.2) is 0 Å². The minimum atomic E-state index is -4.38. The van der Waals surface area contributed by atoms with E-state index >= 15 is 0 Å². The fourth-order valence-corrected chi connectivity index (χ4v) is 3.89. The van der Waals surface area contributed by atoms with Crippen molar-refractivity contribution in [3.8, 4) is 11.1 Å². The van der Waals surface area contributed by atoms with E-state index in [0.29, 0.717) is 22.5 Å².